The van der Waals surface area contributed by atoms with Gasteiger partial charge in [0.15, 0.2) is 0 Å². The molecule has 2 N–H and O–H groups in total. The van der Waals surface area contributed by atoms with Gasteiger partial charge in [-0.15, -0.1) is 11.8 Å². The van der Waals surface area contributed by atoms with E-state index >= 15 is 0 Å². The zero-order valence-electron chi connectivity index (χ0n) is 14.8. The summed E-state index contributed by atoms with van der Waals surface area (Å²) in [5.41, 5.74) is 1.95. The summed E-state index contributed by atoms with van der Waals surface area (Å²) >= 11 is 1.36. The highest BCUT2D eigenvalue weighted by Gasteiger charge is 2.27. The summed E-state index contributed by atoms with van der Waals surface area (Å²) in [6.07, 6.45) is 3.50. The Morgan fingerprint density at radius 3 is 2.46 bits per heavy atom. The smallest absolute Gasteiger partial charge is 0.234 e. The number of thioether (sulfide) groups is 1. The molecular formula is C19H28N2O2S. The Balaban J connectivity index is 1.66. The summed E-state index contributed by atoms with van der Waals surface area (Å²) in [6.45, 7) is 6.48. The number of benzene rings is 1. The number of rotatable bonds is 6. The number of aryl methyl sites for hydroxylation is 1. The second-order valence-corrected chi connectivity index (χ2v) is 7.83. The van der Waals surface area contributed by atoms with Crippen LogP contribution in [0.4, 0.5) is 5.69 Å². The van der Waals surface area contributed by atoms with Crippen molar-refractivity contribution in [3.8, 4) is 0 Å². The Morgan fingerprint density at radius 1 is 1.08 bits per heavy atom. The van der Waals surface area contributed by atoms with Crippen LogP contribution in [0.2, 0.25) is 0 Å². The van der Waals surface area contributed by atoms with Crippen molar-refractivity contribution in [2.24, 2.45) is 11.8 Å². The van der Waals surface area contributed by atoms with Crippen LogP contribution in [0.1, 0.15) is 38.7 Å². The van der Waals surface area contributed by atoms with E-state index in [4.69, 9.17) is 0 Å². The standard InChI is InChI=1S/C19H28N2O2S/c1-13-7-9-16(10-8-13)20-18(22)11-24-12-19(23)21-17-6-4-5-14(2)15(17)3/h7-10,14-15,17H,4-6,11-12H2,1-3H3,(H,20,22)(H,21,23). The maximum atomic E-state index is 12.1. The van der Waals surface area contributed by atoms with Gasteiger partial charge >= 0.3 is 0 Å². The van der Waals surface area contributed by atoms with E-state index in [0.717, 1.165) is 17.7 Å². The Labute approximate surface area is 149 Å². The molecule has 3 unspecified atom stereocenters. The first-order valence-corrected chi connectivity index (χ1v) is 9.85. The maximum absolute atomic E-state index is 12.1. The van der Waals surface area contributed by atoms with Gasteiger partial charge in [-0.1, -0.05) is 44.4 Å². The van der Waals surface area contributed by atoms with E-state index in [1.807, 2.05) is 31.2 Å². The Morgan fingerprint density at radius 2 is 1.75 bits per heavy atom. The van der Waals surface area contributed by atoms with Crippen molar-refractivity contribution in [3.63, 3.8) is 0 Å². The van der Waals surface area contributed by atoms with Crippen molar-refractivity contribution in [3.05, 3.63) is 29.8 Å². The number of anilines is 1. The maximum Gasteiger partial charge on any atom is 0.234 e. The lowest BCUT2D eigenvalue weighted by molar-refractivity contribution is -0.120. The molecule has 0 radical (unpaired) electrons. The third-order valence-corrected chi connectivity index (χ3v) is 5.79. The van der Waals surface area contributed by atoms with Crippen molar-refractivity contribution in [2.75, 3.05) is 16.8 Å². The van der Waals surface area contributed by atoms with Crippen LogP contribution < -0.4 is 10.6 Å². The van der Waals surface area contributed by atoms with Crippen molar-refractivity contribution in [2.45, 2.75) is 46.1 Å². The molecule has 1 saturated carbocycles. The number of nitrogens with one attached hydrogen (secondary N) is 2. The monoisotopic (exact) mass is 348 g/mol. The number of carbonyl (C=O) groups excluding carboxylic acids is 2. The molecule has 1 fully saturated rings. The van der Waals surface area contributed by atoms with E-state index in [2.05, 4.69) is 24.5 Å². The summed E-state index contributed by atoms with van der Waals surface area (Å²) in [7, 11) is 0. The summed E-state index contributed by atoms with van der Waals surface area (Å²) in [5, 5.41) is 5.98. The van der Waals surface area contributed by atoms with Gasteiger partial charge in [0.2, 0.25) is 11.8 Å². The van der Waals surface area contributed by atoms with E-state index < -0.39 is 0 Å². The Bertz CT molecular complexity index is 559. The third-order valence-electron chi connectivity index (χ3n) is 4.85. The fourth-order valence-electron chi connectivity index (χ4n) is 3.10. The van der Waals surface area contributed by atoms with E-state index in [-0.39, 0.29) is 23.6 Å². The topological polar surface area (TPSA) is 58.2 Å². The highest BCUT2D eigenvalue weighted by Crippen LogP contribution is 2.29. The van der Waals surface area contributed by atoms with Crippen LogP contribution in [0.3, 0.4) is 0 Å². The minimum Gasteiger partial charge on any atom is -0.352 e. The molecule has 0 aromatic heterocycles. The zero-order valence-corrected chi connectivity index (χ0v) is 15.6. The predicted octanol–water partition coefficient (Wildman–Crippen LogP) is 3.61. The Hall–Kier alpha value is -1.49. The van der Waals surface area contributed by atoms with Gasteiger partial charge in [-0.05, 0) is 37.3 Å². The zero-order chi connectivity index (χ0) is 17.5. The molecule has 0 bridgehead atoms. The van der Waals surface area contributed by atoms with Gasteiger partial charge in [0.1, 0.15) is 0 Å². The highest BCUT2D eigenvalue weighted by molar-refractivity contribution is 8.00. The first kappa shape index (κ1) is 18.8. The number of amides is 2. The first-order valence-electron chi connectivity index (χ1n) is 8.69. The van der Waals surface area contributed by atoms with Crippen molar-refractivity contribution in [1.82, 2.24) is 5.32 Å². The fraction of sp³-hybridized carbons (Fsp3) is 0.579. The van der Waals surface area contributed by atoms with Crippen molar-refractivity contribution < 1.29 is 9.59 Å². The van der Waals surface area contributed by atoms with Crippen LogP contribution in [-0.4, -0.2) is 29.4 Å². The molecule has 1 aromatic carbocycles. The minimum atomic E-state index is -0.0729. The van der Waals surface area contributed by atoms with Crippen LogP contribution in [0, 0.1) is 18.8 Å². The van der Waals surface area contributed by atoms with Crippen LogP contribution >= 0.6 is 11.8 Å². The molecule has 4 nitrogen and oxygen atoms in total. The molecule has 0 saturated heterocycles. The molecule has 2 rings (SSSR count). The lowest BCUT2D eigenvalue weighted by Gasteiger charge is -2.34. The average Bonchev–Trinajstić information content (AvgIpc) is 2.54. The third kappa shape index (κ3) is 5.86. The second-order valence-electron chi connectivity index (χ2n) is 6.85. The number of hydrogen-bond donors (Lipinski definition) is 2. The molecule has 2 amide bonds. The lowest BCUT2D eigenvalue weighted by atomic mass is 9.78. The van der Waals surface area contributed by atoms with E-state index in [1.165, 1.54) is 24.6 Å². The largest absolute Gasteiger partial charge is 0.352 e. The van der Waals surface area contributed by atoms with Gasteiger partial charge in [0.05, 0.1) is 11.5 Å². The first-order chi connectivity index (χ1) is 11.5. The molecule has 5 heteroatoms. The molecule has 1 aliphatic carbocycles. The van der Waals surface area contributed by atoms with Crippen LogP contribution in [-0.2, 0) is 9.59 Å². The van der Waals surface area contributed by atoms with Gasteiger partial charge in [-0.25, -0.2) is 0 Å². The lowest BCUT2D eigenvalue weighted by Crippen LogP contribution is -2.44. The molecule has 24 heavy (non-hydrogen) atoms. The van der Waals surface area contributed by atoms with Crippen LogP contribution in [0.5, 0.6) is 0 Å². The second kappa shape index (κ2) is 9.11. The van der Waals surface area contributed by atoms with Gasteiger partial charge in [0.25, 0.3) is 0 Å². The van der Waals surface area contributed by atoms with Gasteiger partial charge < -0.3 is 10.6 Å². The number of carbonyl (C=O) groups is 2. The van der Waals surface area contributed by atoms with E-state index in [0.29, 0.717) is 17.6 Å². The average molecular weight is 349 g/mol. The van der Waals surface area contributed by atoms with Gasteiger partial charge in [0, 0.05) is 11.7 Å². The Kier molecular flexibility index (Phi) is 7.16. The molecule has 1 aliphatic rings. The van der Waals surface area contributed by atoms with Crippen LogP contribution in [0.25, 0.3) is 0 Å². The van der Waals surface area contributed by atoms with Crippen molar-refractivity contribution in [1.29, 1.82) is 0 Å². The normalized spacial score (nSPS) is 23.5. The van der Waals surface area contributed by atoms with Gasteiger partial charge in [-0.3, -0.25) is 9.59 Å². The highest BCUT2D eigenvalue weighted by atomic mass is 32.2. The minimum absolute atomic E-state index is 0.0362. The summed E-state index contributed by atoms with van der Waals surface area (Å²) < 4.78 is 0. The van der Waals surface area contributed by atoms with E-state index in [1.54, 1.807) is 0 Å². The molecule has 0 heterocycles. The summed E-state index contributed by atoms with van der Waals surface area (Å²) in [4.78, 5) is 24.0. The number of hydrogen-bond acceptors (Lipinski definition) is 3. The fourth-order valence-corrected chi connectivity index (χ4v) is 3.73. The quantitative estimate of drug-likeness (QED) is 0.826. The molecule has 132 valence electrons. The molecule has 3 atom stereocenters. The summed E-state index contributed by atoms with van der Waals surface area (Å²) in [6, 6.07) is 7.97. The molecule has 0 spiro atoms. The van der Waals surface area contributed by atoms with Gasteiger partial charge in [-0.2, -0.15) is 0 Å². The van der Waals surface area contributed by atoms with E-state index in [9.17, 15) is 9.59 Å². The summed E-state index contributed by atoms with van der Waals surface area (Å²) in [5.74, 6) is 1.77. The molecular weight excluding hydrogens is 320 g/mol. The van der Waals surface area contributed by atoms with Crippen LogP contribution in [0.15, 0.2) is 24.3 Å². The SMILES string of the molecule is Cc1ccc(NC(=O)CSCC(=O)NC2CCCC(C)C2C)cc1. The van der Waals surface area contributed by atoms with Crippen molar-refractivity contribution >= 4 is 29.3 Å². The molecule has 1 aromatic rings. The molecule has 0 aliphatic heterocycles. The predicted molar refractivity (Wildman–Crippen MR) is 101 cm³/mol.